The molecular weight excluding hydrogens is 486 g/mol. The second-order valence-electron chi connectivity index (χ2n) is 10.1. The van der Waals surface area contributed by atoms with Gasteiger partial charge in [0.15, 0.2) is 0 Å². The Morgan fingerprint density at radius 2 is 0.925 bits per heavy atom. The minimum Gasteiger partial charge on any atom is -0.309 e. The lowest BCUT2D eigenvalue weighted by Crippen LogP contribution is -1.99. The SMILES string of the molecule is N#Cc1ccccc1-c1ccccc1-n1c2ccccc2c2ccc(-n3c4ccccc4c4ccccc43)cc21. The van der Waals surface area contributed by atoms with Gasteiger partial charge in [-0.3, -0.25) is 0 Å². The minimum atomic E-state index is 0.668. The first kappa shape index (κ1) is 22.4. The van der Waals surface area contributed by atoms with Gasteiger partial charge in [0, 0.05) is 38.4 Å². The van der Waals surface area contributed by atoms with Crippen molar-refractivity contribution in [2.24, 2.45) is 0 Å². The standard InChI is InChI=1S/C37H23N3/c38-24-25-11-1-2-12-27(25)28-13-3-9-19-35(28)40-36-20-10-6-16-31(36)32-22-21-26(23-37(32)40)39-33-17-7-4-14-29(33)30-15-5-8-18-34(30)39/h1-23H. The van der Waals surface area contributed by atoms with Gasteiger partial charge in [0.2, 0.25) is 0 Å². The van der Waals surface area contributed by atoms with E-state index in [1.54, 1.807) is 0 Å². The summed E-state index contributed by atoms with van der Waals surface area (Å²) in [5.74, 6) is 0. The summed E-state index contributed by atoms with van der Waals surface area (Å²) in [5.41, 5.74) is 9.44. The lowest BCUT2D eigenvalue weighted by molar-refractivity contribution is 1.16. The Kier molecular flexibility index (Phi) is 4.89. The number of nitriles is 1. The van der Waals surface area contributed by atoms with E-state index in [1.165, 1.54) is 32.6 Å². The van der Waals surface area contributed by atoms with Gasteiger partial charge >= 0.3 is 0 Å². The van der Waals surface area contributed by atoms with Crippen LogP contribution in [0.4, 0.5) is 0 Å². The van der Waals surface area contributed by atoms with Crippen LogP contribution in [-0.4, -0.2) is 9.13 Å². The largest absolute Gasteiger partial charge is 0.309 e. The number of benzene rings is 6. The molecule has 0 aliphatic rings. The molecule has 0 radical (unpaired) electrons. The average Bonchev–Trinajstić information content (AvgIpc) is 3.53. The molecule has 3 nitrogen and oxygen atoms in total. The van der Waals surface area contributed by atoms with Crippen LogP contribution in [0.5, 0.6) is 0 Å². The van der Waals surface area contributed by atoms with Crippen molar-refractivity contribution in [1.82, 2.24) is 9.13 Å². The van der Waals surface area contributed by atoms with E-state index in [9.17, 15) is 5.26 Å². The zero-order chi connectivity index (χ0) is 26.6. The molecule has 0 atom stereocenters. The summed E-state index contributed by atoms with van der Waals surface area (Å²) in [6.45, 7) is 0. The molecule has 8 rings (SSSR count). The van der Waals surface area contributed by atoms with Crippen LogP contribution in [0.15, 0.2) is 140 Å². The number of rotatable bonds is 3. The van der Waals surface area contributed by atoms with E-state index >= 15 is 0 Å². The summed E-state index contributed by atoms with van der Waals surface area (Å²) >= 11 is 0. The molecule has 0 aliphatic carbocycles. The maximum atomic E-state index is 9.90. The van der Waals surface area contributed by atoms with Crippen LogP contribution in [0.1, 0.15) is 5.56 Å². The minimum absolute atomic E-state index is 0.668. The number of fused-ring (bicyclic) bond motifs is 6. The summed E-state index contributed by atoms with van der Waals surface area (Å²) < 4.78 is 4.72. The molecule has 0 saturated heterocycles. The lowest BCUT2D eigenvalue weighted by atomic mass is 9.98. The van der Waals surface area contributed by atoms with Gasteiger partial charge in [-0.15, -0.1) is 0 Å². The molecule has 186 valence electrons. The zero-order valence-corrected chi connectivity index (χ0v) is 21.6. The predicted molar refractivity (Wildman–Crippen MR) is 165 cm³/mol. The van der Waals surface area contributed by atoms with Crippen LogP contribution in [0.2, 0.25) is 0 Å². The molecule has 0 spiro atoms. The molecule has 0 N–H and O–H groups in total. The average molecular weight is 510 g/mol. The highest BCUT2D eigenvalue weighted by molar-refractivity contribution is 6.12. The molecule has 2 aromatic heterocycles. The van der Waals surface area contributed by atoms with Crippen LogP contribution in [0.25, 0.3) is 66.1 Å². The van der Waals surface area contributed by atoms with Crippen molar-refractivity contribution < 1.29 is 0 Å². The Hall–Kier alpha value is -5.59. The van der Waals surface area contributed by atoms with Crippen LogP contribution in [-0.2, 0) is 0 Å². The van der Waals surface area contributed by atoms with Crippen LogP contribution >= 0.6 is 0 Å². The Balaban J connectivity index is 1.48. The molecule has 0 bridgehead atoms. The first-order chi connectivity index (χ1) is 19.8. The normalized spacial score (nSPS) is 11.5. The highest BCUT2D eigenvalue weighted by Gasteiger charge is 2.18. The number of hydrogen-bond acceptors (Lipinski definition) is 1. The highest BCUT2D eigenvalue weighted by atomic mass is 15.0. The van der Waals surface area contributed by atoms with Gasteiger partial charge in [0.05, 0.1) is 39.4 Å². The monoisotopic (exact) mass is 509 g/mol. The topological polar surface area (TPSA) is 33.6 Å². The number of hydrogen-bond donors (Lipinski definition) is 0. The van der Waals surface area contributed by atoms with Gasteiger partial charge in [-0.05, 0) is 42.5 Å². The smallest absolute Gasteiger partial charge is 0.0998 e. The van der Waals surface area contributed by atoms with E-state index in [4.69, 9.17) is 0 Å². The van der Waals surface area contributed by atoms with E-state index in [2.05, 4.69) is 124 Å². The van der Waals surface area contributed by atoms with Crippen molar-refractivity contribution in [3.63, 3.8) is 0 Å². The number of aromatic nitrogens is 2. The molecule has 2 heterocycles. The number of para-hydroxylation sites is 4. The zero-order valence-electron chi connectivity index (χ0n) is 21.6. The number of nitrogens with zero attached hydrogens (tertiary/aromatic N) is 3. The maximum Gasteiger partial charge on any atom is 0.0998 e. The molecule has 0 aliphatic heterocycles. The van der Waals surface area contributed by atoms with Gasteiger partial charge < -0.3 is 9.13 Å². The van der Waals surface area contributed by atoms with Gasteiger partial charge in [-0.25, -0.2) is 0 Å². The molecule has 0 fully saturated rings. The van der Waals surface area contributed by atoms with E-state index < -0.39 is 0 Å². The first-order valence-electron chi connectivity index (χ1n) is 13.4. The summed E-state index contributed by atoms with van der Waals surface area (Å²) in [6, 6.07) is 51.2. The van der Waals surface area contributed by atoms with Crippen molar-refractivity contribution >= 4 is 43.6 Å². The van der Waals surface area contributed by atoms with Crippen LogP contribution in [0, 0.1) is 11.3 Å². The summed E-state index contributed by atoms with van der Waals surface area (Å²) in [4.78, 5) is 0. The molecule has 0 unspecified atom stereocenters. The fraction of sp³-hybridized carbons (Fsp3) is 0. The van der Waals surface area contributed by atoms with Crippen LogP contribution in [0.3, 0.4) is 0 Å². The van der Waals surface area contributed by atoms with Crippen molar-refractivity contribution in [2.45, 2.75) is 0 Å². The third-order valence-electron chi connectivity index (χ3n) is 7.98. The van der Waals surface area contributed by atoms with E-state index in [0.717, 1.165) is 33.5 Å². The van der Waals surface area contributed by atoms with Gasteiger partial charge in [0.25, 0.3) is 0 Å². The first-order valence-corrected chi connectivity index (χ1v) is 13.4. The van der Waals surface area contributed by atoms with E-state index in [-0.39, 0.29) is 0 Å². The van der Waals surface area contributed by atoms with Gasteiger partial charge in [0.1, 0.15) is 0 Å². The predicted octanol–water partition coefficient (Wildman–Crippen LogP) is 9.42. The third-order valence-corrected chi connectivity index (χ3v) is 7.98. The molecule has 6 aromatic carbocycles. The summed E-state index contributed by atoms with van der Waals surface area (Å²) in [7, 11) is 0. The van der Waals surface area contributed by atoms with E-state index in [0.29, 0.717) is 5.56 Å². The van der Waals surface area contributed by atoms with Crippen molar-refractivity contribution in [3.05, 3.63) is 145 Å². The second kappa shape index (κ2) is 8.73. The van der Waals surface area contributed by atoms with E-state index in [1.807, 2.05) is 30.3 Å². The molecule has 0 saturated carbocycles. The second-order valence-corrected chi connectivity index (χ2v) is 10.1. The maximum absolute atomic E-state index is 9.90. The Morgan fingerprint density at radius 3 is 1.57 bits per heavy atom. The quantitative estimate of drug-likeness (QED) is 0.233. The highest BCUT2D eigenvalue weighted by Crippen LogP contribution is 2.39. The fourth-order valence-corrected chi connectivity index (χ4v) is 6.27. The molecule has 3 heteroatoms. The van der Waals surface area contributed by atoms with Crippen molar-refractivity contribution in [2.75, 3.05) is 0 Å². The Bertz CT molecular complexity index is 2240. The Morgan fingerprint density at radius 1 is 0.425 bits per heavy atom. The van der Waals surface area contributed by atoms with Gasteiger partial charge in [-0.1, -0.05) is 97.1 Å². The van der Waals surface area contributed by atoms with Gasteiger partial charge in [-0.2, -0.15) is 5.26 Å². The third kappa shape index (κ3) is 3.17. The van der Waals surface area contributed by atoms with Crippen molar-refractivity contribution in [1.29, 1.82) is 5.26 Å². The molecule has 40 heavy (non-hydrogen) atoms. The molecule has 0 amide bonds. The van der Waals surface area contributed by atoms with Crippen LogP contribution < -0.4 is 0 Å². The summed E-state index contributed by atoms with van der Waals surface area (Å²) in [6.07, 6.45) is 0. The van der Waals surface area contributed by atoms with Crippen molar-refractivity contribution in [3.8, 4) is 28.6 Å². The molecular formula is C37H23N3. The Labute approximate surface area is 231 Å². The fourth-order valence-electron chi connectivity index (χ4n) is 6.27. The molecule has 8 aromatic rings. The lowest BCUT2D eigenvalue weighted by Gasteiger charge is -2.15. The summed E-state index contributed by atoms with van der Waals surface area (Å²) in [5, 5.41) is 14.8.